The van der Waals surface area contributed by atoms with E-state index >= 15 is 0 Å². The molecule has 4 aromatic carbocycles. The van der Waals surface area contributed by atoms with Crippen molar-refractivity contribution in [3.05, 3.63) is 173 Å². The summed E-state index contributed by atoms with van der Waals surface area (Å²) >= 11 is 0. The third-order valence-electron chi connectivity index (χ3n) is 22.9. The highest BCUT2D eigenvalue weighted by atomic mass is 16.7. The van der Waals surface area contributed by atoms with Gasteiger partial charge < -0.3 is 79.3 Å². The van der Waals surface area contributed by atoms with Gasteiger partial charge in [0.05, 0.1) is 53.3 Å². The Morgan fingerprint density at radius 3 is 2.06 bits per heavy atom. The van der Waals surface area contributed by atoms with E-state index in [0.717, 1.165) is 81.0 Å². The van der Waals surface area contributed by atoms with E-state index in [1.54, 1.807) is 67.1 Å². The number of ketones is 1. The van der Waals surface area contributed by atoms with Crippen LogP contribution in [0.1, 0.15) is 145 Å². The summed E-state index contributed by atoms with van der Waals surface area (Å²) in [5.41, 5.74) is 9.01. The standard InChI is InChI=1S/C38H69NO13.C29H31N7O.C19H21N/c1-15-26-38(10,45)31(42)21(4)28(40)19(2)17-37(9,47-14)33(52-35-29(41)25(39(11)12)16-20(3)48-35)22(5)30(23(6)34(44)50-26)51-27-18-36(8,46-13)32(43)24(7)49-27;1-21-5-10-25(18-27(21)34-29-31-13-11-26(33-29)24-4-3-12-30-19-24)32-28(37)23-8-6-22(7-9-23)20-36-16-14-35(2)15-17-36;1-20-14-6-11-19-17-9-4-2-7-15(17)12-13-16-8-3-5-10-18(16)19/h19-27,29-33,35,41-43,45H,15-18H2,1-14H3;3-13,18-19H,14-17,20H2,1-2H3,(H,32,37)(H,31,33,34);2-5,7-11,20H,6,12-14H2,1H3/t19-,20-,21+,22+,23-,24+,25+,26-,27+,29-,30+,31-,32+,33-,35+,36-,37-,38-;;/m1../s1. The molecule has 1 aliphatic carbocycles. The summed E-state index contributed by atoms with van der Waals surface area (Å²) in [6.07, 6.45) is 2.21. The van der Waals surface area contributed by atoms with Crippen LogP contribution in [-0.2, 0) is 62.1 Å². The predicted molar refractivity (Wildman–Crippen MR) is 424 cm³/mol. The molecule has 4 fully saturated rings. The number of cyclic esters (lactones) is 1. The molecule has 109 heavy (non-hydrogen) atoms. The molecule has 0 radical (unpaired) electrons. The van der Waals surface area contributed by atoms with E-state index < -0.39 is 102 Å². The maximum atomic E-state index is 14.2. The summed E-state index contributed by atoms with van der Waals surface area (Å²) in [5, 5.41) is 55.1. The van der Waals surface area contributed by atoms with Crippen LogP contribution in [-0.4, -0.2) is 227 Å². The molecule has 6 heterocycles. The number of methoxy groups -OCH3 is 2. The Kier molecular flexibility index (Phi) is 30.5. The van der Waals surface area contributed by atoms with Crippen molar-refractivity contribution in [2.24, 2.45) is 23.7 Å². The van der Waals surface area contributed by atoms with E-state index in [9.17, 15) is 34.8 Å². The highest BCUT2D eigenvalue weighted by Crippen LogP contribution is 2.43. The first-order chi connectivity index (χ1) is 51.9. The Bertz CT molecular complexity index is 3900. The maximum absolute atomic E-state index is 14.2. The maximum Gasteiger partial charge on any atom is 0.311 e. The summed E-state index contributed by atoms with van der Waals surface area (Å²) in [7, 11) is 10.9. The largest absolute Gasteiger partial charge is 0.459 e. The monoisotopic (exact) mass is 1500 g/mol. The van der Waals surface area contributed by atoms with E-state index in [1.807, 2.05) is 107 Å². The number of rotatable bonds is 18. The molecular weight excluding hydrogens is 1380 g/mol. The van der Waals surface area contributed by atoms with Gasteiger partial charge in [0.2, 0.25) is 5.95 Å². The average Bonchev–Trinajstić information content (AvgIpc) is 1.20. The number of esters is 1. The van der Waals surface area contributed by atoms with Crippen LogP contribution in [0.5, 0.6) is 0 Å². The van der Waals surface area contributed by atoms with E-state index in [0.29, 0.717) is 23.6 Å². The molecule has 0 unspecified atom stereocenters. The Morgan fingerprint density at radius 2 is 1.44 bits per heavy atom. The molecule has 23 heteroatoms. The zero-order valence-electron chi connectivity index (χ0n) is 67.1. The number of amides is 1. The molecule has 594 valence electrons. The lowest BCUT2D eigenvalue weighted by Gasteiger charge is -2.50. The van der Waals surface area contributed by atoms with Gasteiger partial charge in [-0.1, -0.05) is 101 Å². The number of anilines is 3. The lowest BCUT2D eigenvalue weighted by Crippen LogP contribution is -2.61. The van der Waals surface area contributed by atoms with Crippen LogP contribution in [0, 0.1) is 30.6 Å². The van der Waals surface area contributed by atoms with Crippen LogP contribution in [0.2, 0.25) is 0 Å². The van der Waals surface area contributed by atoms with Gasteiger partial charge in [0.15, 0.2) is 12.6 Å². The summed E-state index contributed by atoms with van der Waals surface area (Å²) in [4.78, 5) is 60.9. The Hall–Kier alpha value is -7.30. The number of pyridine rings is 1. The number of aliphatic hydroxyl groups is 4. The van der Waals surface area contributed by atoms with E-state index in [4.69, 9.17) is 33.2 Å². The number of piperazine rings is 1. The Balaban J connectivity index is 0.000000206. The van der Waals surface area contributed by atoms with E-state index in [2.05, 4.69) is 102 Å². The molecule has 6 aromatic rings. The summed E-state index contributed by atoms with van der Waals surface area (Å²) < 4.78 is 43.9. The van der Waals surface area contributed by atoms with Crippen molar-refractivity contribution in [3.8, 4) is 11.3 Å². The minimum absolute atomic E-state index is 0.111. The topological polar surface area (TPSA) is 281 Å². The minimum atomic E-state index is -1.96. The van der Waals surface area contributed by atoms with Crippen molar-refractivity contribution in [1.82, 2.24) is 35.0 Å². The zero-order valence-corrected chi connectivity index (χ0v) is 67.1. The number of hydrogen-bond donors (Lipinski definition) is 7. The first-order valence-corrected chi connectivity index (χ1v) is 38.8. The van der Waals surface area contributed by atoms with Crippen molar-refractivity contribution < 1.29 is 68.0 Å². The first kappa shape index (κ1) is 85.7. The van der Waals surface area contributed by atoms with Crippen molar-refractivity contribution in [2.45, 2.75) is 212 Å². The smallest absolute Gasteiger partial charge is 0.311 e. The van der Waals surface area contributed by atoms with Gasteiger partial charge in [-0.15, -0.1) is 0 Å². The summed E-state index contributed by atoms with van der Waals surface area (Å²) in [6.45, 7) is 25.3. The number of aliphatic hydroxyl groups excluding tert-OH is 3. The number of carbonyl (C=O) groups excluding carboxylic acids is 3. The second-order valence-electron chi connectivity index (χ2n) is 31.3. The number of nitrogens with one attached hydrogen (secondary N) is 3. The third kappa shape index (κ3) is 21.5. The number of likely N-dealkylation sites (N-methyl/N-ethyl adjacent to an activating group) is 2. The number of hydrogen-bond acceptors (Lipinski definition) is 22. The molecular formula is C86H121N9O14. The lowest BCUT2D eigenvalue weighted by molar-refractivity contribution is -0.319. The Labute approximate surface area is 645 Å². The molecule has 0 bridgehead atoms. The zero-order chi connectivity index (χ0) is 79.1. The number of aromatic nitrogens is 3. The van der Waals surface area contributed by atoms with Gasteiger partial charge in [0, 0.05) is 118 Å². The molecule has 2 aromatic heterocycles. The van der Waals surface area contributed by atoms with Crippen LogP contribution >= 0.6 is 0 Å². The van der Waals surface area contributed by atoms with E-state index in [1.165, 1.54) is 54.5 Å². The normalized spacial score (nSPS) is 30.7. The molecule has 0 saturated carbocycles. The summed E-state index contributed by atoms with van der Waals surface area (Å²) in [5.74, 6) is -4.14. The van der Waals surface area contributed by atoms with Gasteiger partial charge >= 0.3 is 5.97 Å². The summed E-state index contributed by atoms with van der Waals surface area (Å²) in [6, 6.07) is 36.7. The predicted octanol–water partition coefficient (Wildman–Crippen LogP) is 10.9. The highest BCUT2D eigenvalue weighted by Gasteiger charge is 2.54. The van der Waals surface area contributed by atoms with Crippen LogP contribution in [0.4, 0.5) is 17.3 Å². The van der Waals surface area contributed by atoms with Crippen molar-refractivity contribution >= 4 is 40.6 Å². The quantitative estimate of drug-likeness (QED) is 0.0311. The molecule has 11 rings (SSSR count). The number of carbonyl (C=O) groups is 3. The molecule has 7 N–H and O–H groups in total. The lowest BCUT2D eigenvalue weighted by atomic mass is 9.74. The number of fused-ring (bicyclic) bond motifs is 2. The van der Waals surface area contributed by atoms with Crippen molar-refractivity contribution in [3.63, 3.8) is 0 Å². The number of benzene rings is 4. The van der Waals surface area contributed by atoms with E-state index in [-0.39, 0.29) is 43.1 Å². The number of Topliss-reactive ketones (excluding diaryl/α,β-unsaturated/α-hetero) is 1. The molecule has 18 atom stereocenters. The fraction of sp³-hybridized carbons (Fsp3) is 0.558. The van der Waals surface area contributed by atoms with Crippen LogP contribution < -0.4 is 16.0 Å². The minimum Gasteiger partial charge on any atom is -0.459 e. The molecule has 23 nitrogen and oxygen atoms in total. The Morgan fingerprint density at radius 1 is 0.780 bits per heavy atom. The SMILES string of the molecule is CC[C@H]1OC(=O)[C@H](C)[C@@H](O[C@H]2C[C@@](C)(OC)[C@@H](O)[C@H](C)O2)[C@H](C)[C@@H](O[C@@H]2O[C@H](C)C[C@H](N(C)C)[C@H]2O)[C@](C)(OC)C[C@@H](C)C(=O)[C@H](C)[C@@H](O)[C@]1(C)O.CNCCC=C1c2ccccc2CCc2ccccc21.Cc1ccc(NC(=O)c2ccc(CN3CCN(C)CC3)cc2)cc1Nc1nccc(-c2cccnc2)n1. The molecule has 0 spiro atoms. The van der Waals surface area contributed by atoms with Crippen LogP contribution in [0.15, 0.2) is 134 Å². The number of nitrogens with zero attached hydrogens (tertiary/aromatic N) is 6. The molecule has 5 aliphatic rings. The van der Waals surface area contributed by atoms with Gasteiger partial charge in [-0.25, -0.2) is 9.97 Å². The molecule has 1 amide bonds. The van der Waals surface area contributed by atoms with Crippen molar-refractivity contribution in [1.29, 1.82) is 0 Å². The fourth-order valence-electron chi connectivity index (χ4n) is 15.9. The first-order valence-electron chi connectivity index (χ1n) is 38.8. The van der Waals surface area contributed by atoms with Gasteiger partial charge in [-0.3, -0.25) is 24.3 Å². The van der Waals surface area contributed by atoms with Gasteiger partial charge in [0.25, 0.3) is 5.91 Å². The number of aryl methyl sites for hydroxylation is 3. The molecule has 4 saturated heterocycles. The van der Waals surface area contributed by atoms with Gasteiger partial charge in [-0.05, 0) is 203 Å². The van der Waals surface area contributed by atoms with Gasteiger partial charge in [0.1, 0.15) is 29.7 Å². The average molecular weight is 1500 g/mol. The second kappa shape index (κ2) is 38.8. The van der Waals surface area contributed by atoms with Crippen molar-refractivity contribution in [2.75, 3.05) is 85.8 Å². The third-order valence-corrected chi connectivity index (χ3v) is 22.9. The number of ether oxygens (including phenoxy) is 7. The van der Waals surface area contributed by atoms with Gasteiger partial charge in [-0.2, -0.15) is 0 Å². The van der Waals surface area contributed by atoms with Crippen LogP contribution in [0.25, 0.3) is 16.8 Å². The fourth-order valence-corrected chi connectivity index (χ4v) is 15.9. The van der Waals surface area contributed by atoms with Crippen LogP contribution in [0.3, 0.4) is 0 Å². The second-order valence-corrected chi connectivity index (χ2v) is 31.3. The highest BCUT2D eigenvalue weighted by molar-refractivity contribution is 6.04. The molecule has 4 aliphatic heterocycles.